The van der Waals surface area contributed by atoms with Crippen molar-refractivity contribution in [3.8, 4) is 0 Å². The van der Waals surface area contributed by atoms with Crippen molar-refractivity contribution in [2.45, 2.75) is 23.3 Å². The van der Waals surface area contributed by atoms with E-state index in [1.54, 1.807) is 36.4 Å². The lowest BCUT2D eigenvalue weighted by Gasteiger charge is -2.37. The number of sulfonamides is 1. The molecule has 2 aliphatic rings. The van der Waals surface area contributed by atoms with Crippen LogP contribution in [0.2, 0.25) is 0 Å². The highest BCUT2D eigenvalue weighted by molar-refractivity contribution is 7.92. The summed E-state index contributed by atoms with van der Waals surface area (Å²) >= 11 is 0. The highest BCUT2D eigenvalue weighted by Gasteiger charge is 2.40. The standard InChI is InChI=1S/C24H20FN3O4S/c25-20-9-2-3-10-22(20)27-33(31,32)15-12-13-21-19(14-15)16-7-5-8-17(16)24(26-21)18-6-1-4-11-23(18)28(29)30/h1-7,9-14,16-17,24,26-27H,8H2/t16-,17+,24-/m0/s1. The van der Waals surface area contributed by atoms with Crippen molar-refractivity contribution < 1.29 is 17.7 Å². The Bertz CT molecular complexity index is 1390. The number of hydrogen-bond donors (Lipinski definition) is 2. The van der Waals surface area contributed by atoms with Gasteiger partial charge in [-0.05, 0) is 48.2 Å². The summed E-state index contributed by atoms with van der Waals surface area (Å²) in [4.78, 5) is 11.2. The molecule has 7 nitrogen and oxygen atoms in total. The zero-order valence-electron chi connectivity index (χ0n) is 17.3. The Morgan fingerprint density at radius 2 is 1.79 bits per heavy atom. The van der Waals surface area contributed by atoms with Crippen molar-refractivity contribution >= 4 is 27.1 Å². The van der Waals surface area contributed by atoms with Crippen LogP contribution in [0.4, 0.5) is 21.5 Å². The fraction of sp³-hybridized carbons (Fsp3) is 0.167. The van der Waals surface area contributed by atoms with Gasteiger partial charge < -0.3 is 5.32 Å². The summed E-state index contributed by atoms with van der Waals surface area (Å²) < 4.78 is 42.2. The first-order valence-electron chi connectivity index (χ1n) is 10.4. The first-order valence-corrected chi connectivity index (χ1v) is 11.9. The van der Waals surface area contributed by atoms with Crippen molar-refractivity contribution in [1.29, 1.82) is 0 Å². The van der Waals surface area contributed by atoms with Crippen LogP contribution < -0.4 is 10.0 Å². The number of para-hydroxylation sites is 2. The second-order valence-corrected chi connectivity index (χ2v) is 9.81. The summed E-state index contributed by atoms with van der Waals surface area (Å²) in [6, 6.07) is 16.7. The summed E-state index contributed by atoms with van der Waals surface area (Å²) in [5.41, 5.74) is 2.04. The Labute approximate surface area is 190 Å². The molecule has 0 radical (unpaired) electrons. The molecule has 168 valence electrons. The van der Waals surface area contributed by atoms with E-state index in [1.807, 2.05) is 12.2 Å². The molecule has 1 heterocycles. The SMILES string of the molecule is O=[N+]([O-])c1ccccc1[C@H]1Nc2ccc(S(=O)(=O)Nc3ccccc3F)cc2[C@H]2C=CC[C@H]21. The van der Waals surface area contributed by atoms with E-state index in [0.29, 0.717) is 12.0 Å². The maximum atomic E-state index is 14.0. The molecule has 1 aliphatic carbocycles. The lowest BCUT2D eigenvalue weighted by atomic mass is 9.76. The molecule has 2 N–H and O–H groups in total. The zero-order chi connectivity index (χ0) is 23.2. The van der Waals surface area contributed by atoms with E-state index in [1.165, 1.54) is 30.3 Å². The number of nitrogens with zero attached hydrogens (tertiary/aromatic N) is 1. The van der Waals surface area contributed by atoms with Crippen molar-refractivity contribution in [1.82, 2.24) is 0 Å². The number of halogens is 1. The summed E-state index contributed by atoms with van der Waals surface area (Å²) in [6.07, 6.45) is 4.75. The van der Waals surface area contributed by atoms with Gasteiger partial charge in [-0.3, -0.25) is 14.8 Å². The normalized spacial score (nSPS) is 21.1. The lowest BCUT2D eigenvalue weighted by molar-refractivity contribution is -0.385. The number of allylic oxidation sites excluding steroid dienone is 2. The molecule has 3 atom stereocenters. The summed E-state index contributed by atoms with van der Waals surface area (Å²) in [6.45, 7) is 0. The molecular weight excluding hydrogens is 445 g/mol. The number of fused-ring (bicyclic) bond motifs is 3. The minimum atomic E-state index is -4.01. The predicted molar refractivity (Wildman–Crippen MR) is 123 cm³/mol. The van der Waals surface area contributed by atoms with Gasteiger partial charge in [0.15, 0.2) is 0 Å². The van der Waals surface area contributed by atoms with Crippen molar-refractivity contribution in [3.05, 3.63) is 106 Å². The van der Waals surface area contributed by atoms with E-state index in [4.69, 9.17) is 0 Å². The minimum Gasteiger partial charge on any atom is -0.377 e. The number of hydrogen-bond acceptors (Lipinski definition) is 5. The van der Waals surface area contributed by atoms with Crippen LogP contribution in [0.15, 0.2) is 83.8 Å². The third-order valence-electron chi connectivity index (χ3n) is 6.23. The Morgan fingerprint density at radius 1 is 1.03 bits per heavy atom. The molecule has 33 heavy (non-hydrogen) atoms. The number of nitrogens with one attached hydrogen (secondary N) is 2. The van der Waals surface area contributed by atoms with Crippen LogP contribution in [0.1, 0.15) is 29.5 Å². The summed E-state index contributed by atoms with van der Waals surface area (Å²) in [7, 11) is -4.01. The lowest BCUT2D eigenvalue weighted by Crippen LogP contribution is -2.30. The van der Waals surface area contributed by atoms with Gasteiger partial charge in [0.2, 0.25) is 0 Å². The van der Waals surface area contributed by atoms with Gasteiger partial charge >= 0.3 is 0 Å². The van der Waals surface area contributed by atoms with Crippen molar-refractivity contribution in [3.63, 3.8) is 0 Å². The molecule has 0 amide bonds. The largest absolute Gasteiger partial charge is 0.377 e. The highest BCUT2D eigenvalue weighted by Crippen LogP contribution is 2.51. The predicted octanol–water partition coefficient (Wildman–Crippen LogP) is 5.36. The number of rotatable bonds is 5. The van der Waals surface area contributed by atoms with E-state index in [2.05, 4.69) is 10.0 Å². The number of nitro benzene ring substituents is 1. The van der Waals surface area contributed by atoms with Crippen LogP contribution in [-0.2, 0) is 10.0 Å². The topological polar surface area (TPSA) is 101 Å². The van der Waals surface area contributed by atoms with E-state index in [0.717, 1.165) is 11.3 Å². The Kier molecular flexibility index (Phi) is 5.13. The van der Waals surface area contributed by atoms with E-state index in [-0.39, 0.29) is 39.1 Å². The van der Waals surface area contributed by atoms with E-state index < -0.39 is 15.8 Å². The van der Waals surface area contributed by atoms with Crippen LogP contribution >= 0.6 is 0 Å². The van der Waals surface area contributed by atoms with Crippen LogP contribution in [0.5, 0.6) is 0 Å². The first-order chi connectivity index (χ1) is 15.8. The third-order valence-corrected chi connectivity index (χ3v) is 7.59. The average Bonchev–Trinajstić information content (AvgIpc) is 3.30. The van der Waals surface area contributed by atoms with Gasteiger partial charge in [-0.1, -0.05) is 42.5 Å². The van der Waals surface area contributed by atoms with Gasteiger partial charge in [-0.2, -0.15) is 0 Å². The molecule has 0 saturated heterocycles. The third kappa shape index (κ3) is 3.74. The molecule has 3 aromatic rings. The van der Waals surface area contributed by atoms with Crippen LogP contribution in [0, 0.1) is 21.8 Å². The molecule has 0 saturated carbocycles. The van der Waals surface area contributed by atoms with E-state index in [9.17, 15) is 22.9 Å². The van der Waals surface area contributed by atoms with Crippen molar-refractivity contribution in [2.75, 3.05) is 10.0 Å². The smallest absolute Gasteiger partial charge is 0.274 e. The second-order valence-electron chi connectivity index (χ2n) is 8.13. The fourth-order valence-corrected chi connectivity index (χ4v) is 5.81. The monoisotopic (exact) mass is 465 g/mol. The maximum absolute atomic E-state index is 14.0. The molecule has 0 fully saturated rings. The second kappa shape index (κ2) is 8.00. The van der Waals surface area contributed by atoms with Crippen molar-refractivity contribution in [2.24, 2.45) is 5.92 Å². The molecule has 0 bridgehead atoms. The number of benzene rings is 3. The van der Waals surface area contributed by atoms with Gasteiger partial charge in [0.05, 0.1) is 27.1 Å². The molecule has 9 heteroatoms. The molecule has 3 aromatic carbocycles. The van der Waals surface area contributed by atoms with Crippen LogP contribution in [0.25, 0.3) is 0 Å². The number of nitro groups is 1. The average molecular weight is 466 g/mol. The summed E-state index contributed by atoms with van der Waals surface area (Å²) in [5.74, 6) is -0.766. The molecule has 0 spiro atoms. The molecule has 0 aromatic heterocycles. The Balaban J connectivity index is 1.52. The Hall–Kier alpha value is -3.72. The van der Waals surface area contributed by atoms with Gasteiger partial charge in [0.25, 0.3) is 15.7 Å². The number of anilines is 2. The van der Waals surface area contributed by atoms with Gasteiger partial charge in [-0.25, -0.2) is 12.8 Å². The quantitative estimate of drug-likeness (QED) is 0.300. The fourth-order valence-electron chi connectivity index (χ4n) is 4.71. The van der Waals surface area contributed by atoms with Gasteiger partial charge in [0, 0.05) is 17.7 Å². The molecular formula is C24H20FN3O4S. The van der Waals surface area contributed by atoms with Crippen LogP contribution in [-0.4, -0.2) is 13.3 Å². The van der Waals surface area contributed by atoms with Gasteiger partial charge in [-0.15, -0.1) is 0 Å². The van der Waals surface area contributed by atoms with Crippen LogP contribution in [0.3, 0.4) is 0 Å². The summed E-state index contributed by atoms with van der Waals surface area (Å²) in [5, 5.41) is 15.0. The maximum Gasteiger partial charge on any atom is 0.274 e. The minimum absolute atomic E-state index is 0.00363. The first kappa shape index (κ1) is 21.1. The van der Waals surface area contributed by atoms with E-state index >= 15 is 0 Å². The Morgan fingerprint density at radius 3 is 2.58 bits per heavy atom. The highest BCUT2D eigenvalue weighted by atomic mass is 32.2. The molecule has 5 rings (SSSR count). The van der Waals surface area contributed by atoms with Gasteiger partial charge in [0.1, 0.15) is 5.82 Å². The zero-order valence-corrected chi connectivity index (χ0v) is 18.1. The molecule has 1 aliphatic heterocycles. The molecule has 0 unspecified atom stereocenters.